The summed E-state index contributed by atoms with van der Waals surface area (Å²) >= 11 is 5.07. The van der Waals surface area contributed by atoms with E-state index in [4.69, 9.17) is 18.0 Å². The average molecular weight is 252 g/mol. The molecule has 0 bridgehead atoms. The monoisotopic (exact) mass is 252 g/mol. The van der Waals surface area contributed by atoms with Gasteiger partial charge < -0.3 is 11.1 Å². The van der Waals surface area contributed by atoms with E-state index < -0.39 is 0 Å². The molecule has 94 valence electrons. The normalized spacial score (nSPS) is 10.6. The van der Waals surface area contributed by atoms with E-state index in [-0.39, 0.29) is 0 Å². The van der Waals surface area contributed by atoms with Gasteiger partial charge in [-0.15, -0.1) is 5.10 Å². The largest absolute Gasteiger partial charge is 0.389 e. The highest BCUT2D eigenvalue weighted by Gasteiger charge is 2.13. The molecule has 4 nitrogen and oxygen atoms in total. The van der Waals surface area contributed by atoms with Crippen molar-refractivity contribution >= 4 is 23.0 Å². The minimum absolute atomic E-state index is 0.368. The molecule has 1 aromatic rings. The summed E-state index contributed by atoms with van der Waals surface area (Å²) in [6.45, 7) is 9.09. The van der Waals surface area contributed by atoms with E-state index in [1.165, 1.54) is 0 Å². The first-order chi connectivity index (χ1) is 7.93. The molecular weight excluding hydrogens is 232 g/mol. The minimum Gasteiger partial charge on any atom is -0.389 e. The molecule has 0 aliphatic rings. The Morgan fingerprint density at radius 2 is 2.00 bits per heavy atom. The lowest BCUT2D eigenvalue weighted by molar-refractivity contribution is 0.606. The molecule has 0 aliphatic carbocycles. The van der Waals surface area contributed by atoms with E-state index in [9.17, 15) is 0 Å². The number of anilines is 1. The van der Waals surface area contributed by atoms with E-state index >= 15 is 0 Å². The van der Waals surface area contributed by atoms with Crippen LogP contribution in [0.3, 0.4) is 0 Å². The van der Waals surface area contributed by atoms with Crippen LogP contribution in [0.1, 0.15) is 37.1 Å². The van der Waals surface area contributed by atoms with E-state index in [1.54, 1.807) is 0 Å². The van der Waals surface area contributed by atoms with Gasteiger partial charge in [-0.3, -0.25) is 0 Å². The Balaban J connectivity index is 2.91. The van der Waals surface area contributed by atoms with Crippen LogP contribution >= 0.6 is 12.2 Å². The Kier molecular flexibility index (Phi) is 4.81. The molecule has 1 rings (SSSR count). The van der Waals surface area contributed by atoms with Crippen LogP contribution in [0, 0.1) is 19.8 Å². The molecule has 0 unspecified atom stereocenters. The van der Waals surface area contributed by atoms with Crippen LogP contribution in [-0.4, -0.2) is 21.7 Å². The molecule has 0 atom stereocenters. The molecule has 17 heavy (non-hydrogen) atoms. The van der Waals surface area contributed by atoms with Crippen molar-refractivity contribution in [1.29, 1.82) is 0 Å². The van der Waals surface area contributed by atoms with Gasteiger partial charge in [0.15, 0.2) is 5.82 Å². The SMILES string of the molecule is Cc1nnc(NCCC(C)C)c(C(N)=S)c1C. The summed E-state index contributed by atoms with van der Waals surface area (Å²) in [5.41, 5.74) is 8.42. The number of hydrogen-bond donors (Lipinski definition) is 2. The van der Waals surface area contributed by atoms with Crippen molar-refractivity contribution in [1.82, 2.24) is 10.2 Å². The molecule has 5 heteroatoms. The van der Waals surface area contributed by atoms with Crippen LogP contribution in [-0.2, 0) is 0 Å². The summed E-state index contributed by atoms with van der Waals surface area (Å²) in [5, 5.41) is 11.5. The molecule has 0 aromatic carbocycles. The van der Waals surface area contributed by atoms with Crippen LogP contribution in [0.25, 0.3) is 0 Å². The van der Waals surface area contributed by atoms with Crippen molar-refractivity contribution in [2.24, 2.45) is 11.7 Å². The van der Waals surface area contributed by atoms with Crippen molar-refractivity contribution in [3.63, 3.8) is 0 Å². The molecular formula is C12H20N4S. The first-order valence-electron chi connectivity index (χ1n) is 5.81. The van der Waals surface area contributed by atoms with Gasteiger partial charge in [0.05, 0.1) is 11.3 Å². The molecule has 0 saturated carbocycles. The molecule has 0 fully saturated rings. The quantitative estimate of drug-likeness (QED) is 0.786. The van der Waals surface area contributed by atoms with Crippen molar-refractivity contribution in [2.75, 3.05) is 11.9 Å². The summed E-state index contributed by atoms with van der Waals surface area (Å²) in [4.78, 5) is 0.368. The Hall–Kier alpha value is -1.23. The molecule has 0 aliphatic heterocycles. The summed E-state index contributed by atoms with van der Waals surface area (Å²) in [7, 11) is 0. The van der Waals surface area contributed by atoms with Gasteiger partial charge in [0.2, 0.25) is 0 Å². The summed E-state index contributed by atoms with van der Waals surface area (Å²) in [5.74, 6) is 1.34. The lowest BCUT2D eigenvalue weighted by Crippen LogP contribution is -2.19. The predicted molar refractivity (Wildman–Crippen MR) is 75.3 cm³/mol. The molecule has 0 spiro atoms. The number of nitrogens with zero attached hydrogens (tertiary/aromatic N) is 2. The van der Waals surface area contributed by atoms with Crippen LogP contribution < -0.4 is 11.1 Å². The fraction of sp³-hybridized carbons (Fsp3) is 0.583. The molecule has 0 saturated heterocycles. The van der Waals surface area contributed by atoms with Gasteiger partial charge in [-0.25, -0.2) is 0 Å². The zero-order chi connectivity index (χ0) is 13.0. The third-order valence-corrected chi connectivity index (χ3v) is 2.92. The minimum atomic E-state index is 0.368. The molecule has 1 heterocycles. The van der Waals surface area contributed by atoms with Crippen molar-refractivity contribution in [3.8, 4) is 0 Å². The lowest BCUT2D eigenvalue weighted by atomic mass is 10.1. The molecule has 3 N–H and O–H groups in total. The Labute approximate surface area is 108 Å². The number of rotatable bonds is 5. The van der Waals surface area contributed by atoms with Gasteiger partial charge in [0, 0.05) is 6.54 Å². The third kappa shape index (κ3) is 3.63. The Morgan fingerprint density at radius 1 is 1.35 bits per heavy atom. The highest BCUT2D eigenvalue weighted by molar-refractivity contribution is 7.80. The molecule has 0 amide bonds. The average Bonchev–Trinajstić information content (AvgIpc) is 2.22. The highest BCUT2D eigenvalue weighted by Crippen LogP contribution is 2.18. The number of nitrogens with two attached hydrogens (primary N) is 1. The van der Waals surface area contributed by atoms with Gasteiger partial charge >= 0.3 is 0 Å². The fourth-order valence-electron chi connectivity index (χ4n) is 1.51. The smallest absolute Gasteiger partial charge is 0.159 e. The maximum absolute atomic E-state index is 5.74. The summed E-state index contributed by atoms with van der Waals surface area (Å²) in [6, 6.07) is 0. The topological polar surface area (TPSA) is 63.8 Å². The zero-order valence-electron chi connectivity index (χ0n) is 10.9. The van der Waals surface area contributed by atoms with E-state index in [0.717, 1.165) is 29.8 Å². The van der Waals surface area contributed by atoms with Crippen molar-refractivity contribution < 1.29 is 0 Å². The predicted octanol–water partition coefficient (Wildman–Crippen LogP) is 2.19. The van der Waals surface area contributed by atoms with E-state index in [0.29, 0.717) is 16.7 Å². The summed E-state index contributed by atoms with van der Waals surface area (Å²) in [6.07, 6.45) is 1.07. The highest BCUT2D eigenvalue weighted by atomic mass is 32.1. The Bertz CT molecular complexity index is 415. The number of hydrogen-bond acceptors (Lipinski definition) is 4. The maximum Gasteiger partial charge on any atom is 0.159 e. The van der Waals surface area contributed by atoms with Crippen molar-refractivity contribution in [2.45, 2.75) is 34.1 Å². The second kappa shape index (κ2) is 5.91. The second-order valence-electron chi connectivity index (χ2n) is 4.61. The molecule has 1 aromatic heterocycles. The van der Waals surface area contributed by atoms with E-state index in [2.05, 4.69) is 29.4 Å². The first kappa shape index (κ1) is 13.8. The van der Waals surface area contributed by atoms with Crippen LogP contribution in [0.4, 0.5) is 5.82 Å². The van der Waals surface area contributed by atoms with Crippen LogP contribution in [0.15, 0.2) is 0 Å². The maximum atomic E-state index is 5.74. The first-order valence-corrected chi connectivity index (χ1v) is 6.21. The zero-order valence-corrected chi connectivity index (χ0v) is 11.7. The number of aromatic nitrogens is 2. The second-order valence-corrected chi connectivity index (χ2v) is 5.05. The third-order valence-electron chi connectivity index (χ3n) is 2.72. The number of nitrogens with one attached hydrogen (secondary N) is 1. The van der Waals surface area contributed by atoms with Gasteiger partial charge in [-0.05, 0) is 31.7 Å². The molecule has 0 radical (unpaired) electrons. The lowest BCUT2D eigenvalue weighted by Gasteiger charge is -2.13. The van der Waals surface area contributed by atoms with Gasteiger partial charge in [0.25, 0.3) is 0 Å². The van der Waals surface area contributed by atoms with E-state index in [1.807, 2.05) is 13.8 Å². The fourth-order valence-corrected chi connectivity index (χ4v) is 1.76. The van der Waals surface area contributed by atoms with Gasteiger partial charge in [-0.1, -0.05) is 26.1 Å². The van der Waals surface area contributed by atoms with Gasteiger partial charge in [-0.2, -0.15) is 5.10 Å². The Morgan fingerprint density at radius 3 is 2.53 bits per heavy atom. The van der Waals surface area contributed by atoms with Gasteiger partial charge in [0.1, 0.15) is 4.99 Å². The summed E-state index contributed by atoms with van der Waals surface area (Å²) < 4.78 is 0. The van der Waals surface area contributed by atoms with Crippen molar-refractivity contribution in [3.05, 3.63) is 16.8 Å². The van der Waals surface area contributed by atoms with Crippen LogP contribution in [0.2, 0.25) is 0 Å². The number of aryl methyl sites for hydroxylation is 1. The standard InChI is InChI=1S/C12H20N4S/c1-7(2)5-6-14-12-10(11(13)17)8(3)9(4)15-16-12/h7H,5-6H2,1-4H3,(H2,13,17)(H,14,16). The number of thiocarbonyl (C=S) groups is 1. The van der Waals surface area contributed by atoms with Crippen LogP contribution in [0.5, 0.6) is 0 Å².